The highest BCUT2D eigenvalue weighted by atomic mass is 31.1. The van der Waals surface area contributed by atoms with Gasteiger partial charge in [-0.1, -0.05) is 20.8 Å². The van der Waals surface area contributed by atoms with E-state index in [1.165, 1.54) is 0 Å². The van der Waals surface area contributed by atoms with E-state index in [9.17, 15) is 4.79 Å². The fraction of sp³-hybridized carbons (Fsp3) is 0.900. The van der Waals surface area contributed by atoms with E-state index in [2.05, 4.69) is 27.4 Å². The van der Waals surface area contributed by atoms with Crippen molar-refractivity contribution < 1.29 is 9.53 Å². The van der Waals surface area contributed by atoms with E-state index in [0.717, 1.165) is 6.42 Å². The Labute approximate surface area is 83.2 Å². The molecule has 3 heteroatoms. The van der Waals surface area contributed by atoms with Gasteiger partial charge in [-0.2, -0.15) is 0 Å². The van der Waals surface area contributed by atoms with Crippen molar-refractivity contribution in [1.82, 2.24) is 0 Å². The van der Waals surface area contributed by atoms with Gasteiger partial charge in [-0.15, -0.1) is 8.58 Å². The summed E-state index contributed by atoms with van der Waals surface area (Å²) in [5.74, 6) is -0.0294. The van der Waals surface area contributed by atoms with Gasteiger partial charge in [0.1, 0.15) is 0 Å². The van der Waals surface area contributed by atoms with Crippen molar-refractivity contribution in [2.75, 3.05) is 13.3 Å². The van der Waals surface area contributed by atoms with Gasteiger partial charge >= 0.3 is 5.97 Å². The molecule has 2 atom stereocenters. The second kappa shape index (κ2) is 5.59. The van der Waals surface area contributed by atoms with E-state index in [1.807, 2.05) is 6.92 Å². The molecule has 0 saturated carbocycles. The first kappa shape index (κ1) is 12.9. The van der Waals surface area contributed by atoms with Crippen LogP contribution in [0.25, 0.3) is 0 Å². The summed E-state index contributed by atoms with van der Waals surface area (Å²) in [5.41, 5.74) is 0.306. The first-order chi connectivity index (χ1) is 5.90. The van der Waals surface area contributed by atoms with Crippen LogP contribution in [-0.2, 0) is 9.53 Å². The Balaban J connectivity index is 4.10. The van der Waals surface area contributed by atoms with E-state index in [1.54, 1.807) is 0 Å². The van der Waals surface area contributed by atoms with Crippen molar-refractivity contribution in [1.29, 1.82) is 0 Å². The zero-order valence-corrected chi connectivity index (χ0v) is 10.3. The zero-order valence-electron chi connectivity index (χ0n) is 9.31. The molecule has 0 aromatic carbocycles. The monoisotopic (exact) mass is 204 g/mol. The summed E-state index contributed by atoms with van der Waals surface area (Å²) < 4.78 is 5.01. The molecule has 0 saturated heterocycles. The number of ether oxygens (including phenoxy) is 1. The van der Waals surface area contributed by atoms with E-state index >= 15 is 0 Å². The molecule has 0 aliphatic carbocycles. The normalized spacial score (nSPS) is 14.8. The van der Waals surface area contributed by atoms with Crippen molar-refractivity contribution in [3.63, 3.8) is 0 Å². The summed E-state index contributed by atoms with van der Waals surface area (Å²) in [5, 5.41) is 0. The molecule has 0 N–H and O–H groups in total. The second-order valence-corrected chi connectivity index (χ2v) is 5.63. The maximum Gasteiger partial charge on any atom is 0.313 e. The largest absolute Gasteiger partial charge is 0.466 e. The molecule has 0 rings (SSSR count). The van der Waals surface area contributed by atoms with Crippen LogP contribution in [0, 0.1) is 5.41 Å². The minimum atomic E-state index is -0.0294. The van der Waals surface area contributed by atoms with Crippen LogP contribution in [0.5, 0.6) is 0 Å². The topological polar surface area (TPSA) is 26.3 Å². The summed E-state index contributed by atoms with van der Waals surface area (Å²) >= 11 is 0. The lowest BCUT2D eigenvalue weighted by Gasteiger charge is -2.23. The Hall–Kier alpha value is -0.100. The van der Waals surface area contributed by atoms with Crippen LogP contribution in [0.15, 0.2) is 0 Å². The predicted octanol–water partition coefficient (Wildman–Crippen LogP) is 2.66. The van der Waals surface area contributed by atoms with Crippen LogP contribution in [0.3, 0.4) is 0 Å². The standard InChI is InChI=1S/C10H21O2P/c1-6-12-9(11)8(13-5)7-10(2,3)4/h8,13H,6-7H2,1-5H3. The van der Waals surface area contributed by atoms with Gasteiger partial charge in [-0.05, 0) is 25.4 Å². The molecule has 0 spiro atoms. The summed E-state index contributed by atoms with van der Waals surface area (Å²) in [4.78, 5) is 11.4. The average Bonchev–Trinajstić information content (AvgIpc) is 1.99. The zero-order chi connectivity index (χ0) is 10.5. The molecule has 0 aromatic rings. The Morgan fingerprint density at radius 2 is 2.00 bits per heavy atom. The first-order valence-electron chi connectivity index (χ1n) is 4.74. The van der Waals surface area contributed by atoms with Crippen LogP contribution in [0.2, 0.25) is 0 Å². The minimum Gasteiger partial charge on any atom is -0.466 e. The molecule has 0 radical (unpaired) electrons. The van der Waals surface area contributed by atoms with Gasteiger partial charge in [0, 0.05) is 0 Å². The summed E-state index contributed by atoms with van der Waals surface area (Å²) in [6.45, 7) is 10.9. The van der Waals surface area contributed by atoms with Gasteiger partial charge in [0.2, 0.25) is 0 Å². The molecule has 13 heavy (non-hydrogen) atoms. The molecule has 0 aliphatic rings. The highest BCUT2D eigenvalue weighted by molar-refractivity contribution is 7.39. The lowest BCUT2D eigenvalue weighted by atomic mass is 9.90. The smallest absolute Gasteiger partial charge is 0.313 e. The number of carbonyl (C=O) groups excluding carboxylic acids is 1. The molecule has 0 fully saturated rings. The maximum atomic E-state index is 11.4. The lowest BCUT2D eigenvalue weighted by molar-refractivity contribution is -0.143. The van der Waals surface area contributed by atoms with Gasteiger partial charge in [-0.3, -0.25) is 4.79 Å². The highest BCUT2D eigenvalue weighted by Gasteiger charge is 2.24. The molecule has 0 bridgehead atoms. The van der Waals surface area contributed by atoms with Crippen LogP contribution in [0.4, 0.5) is 0 Å². The van der Waals surface area contributed by atoms with Crippen molar-refractivity contribution in [3.8, 4) is 0 Å². The Morgan fingerprint density at radius 1 is 1.46 bits per heavy atom. The van der Waals surface area contributed by atoms with Gasteiger partial charge in [-0.25, -0.2) is 0 Å². The third-order valence-corrected chi connectivity index (χ3v) is 2.87. The fourth-order valence-corrected chi connectivity index (χ4v) is 2.29. The van der Waals surface area contributed by atoms with Crippen LogP contribution in [-0.4, -0.2) is 24.9 Å². The number of rotatable bonds is 4. The van der Waals surface area contributed by atoms with Gasteiger partial charge in [0.05, 0.1) is 12.3 Å². The molecule has 0 aliphatic heterocycles. The van der Waals surface area contributed by atoms with Gasteiger partial charge < -0.3 is 4.74 Å². The Morgan fingerprint density at radius 3 is 2.31 bits per heavy atom. The molecular weight excluding hydrogens is 183 g/mol. The molecule has 0 amide bonds. The van der Waals surface area contributed by atoms with E-state index in [4.69, 9.17) is 4.74 Å². The number of carbonyl (C=O) groups is 1. The van der Waals surface area contributed by atoms with Crippen molar-refractivity contribution in [3.05, 3.63) is 0 Å². The van der Waals surface area contributed by atoms with E-state index < -0.39 is 0 Å². The third-order valence-electron chi connectivity index (χ3n) is 1.74. The van der Waals surface area contributed by atoms with E-state index in [0.29, 0.717) is 15.2 Å². The fourth-order valence-electron chi connectivity index (χ4n) is 1.16. The summed E-state index contributed by atoms with van der Waals surface area (Å²) in [6.07, 6.45) is 0.917. The Kier molecular flexibility index (Phi) is 5.55. The molecule has 78 valence electrons. The molecule has 2 unspecified atom stereocenters. The number of hydrogen-bond acceptors (Lipinski definition) is 2. The number of esters is 1. The molecular formula is C10H21O2P. The number of hydrogen-bond donors (Lipinski definition) is 0. The molecule has 2 nitrogen and oxygen atoms in total. The molecule has 0 heterocycles. The van der Waals surface area contributed by atoms with Gasteiger partial charge in [0.25, 0.3) is 0 Å². The highest BCUT2D eigenvalue weighted by Crippen LogP contribution is 2.30. The van der Waals surface area contributed by atoms with Crippen molar-refractivity contribution in [2.45, 2.75) is 39.8 Å². The van der Waals surface area contributed by atoms with Crippen LogP contribution >= 0.6 is 8.58 Å². The van der Waals surface area contributed by atoms with Crippen molar-refractivity contribution in [2.24, 2.45) is 5.41 Å². The second-order valence-electron chi connectivity index (χ2n) is 4.36. The quantitative estimate of drug-likeness (QED) is 0.520. The minimum absolute atomic E-state index is 0.0294. The third kappa shape index (κ3) is 6.04. The lowest BCUT2D eigenvalue weighted by Crippen LogP contribution is -2.24. The maximum absolute atomic E-state index is 11.4. The molecule has 0 aromatic heterocycles. The van der Waals surface area contributed by atoms with E-state index in [-0.39, 0.29) is 17.0 Å². The SMILES string of the molecule is CCOC(=O)C(CC(C)(C)C)PC. The van der Waals surface area contributed by atoms with Crippen LogP contribution in [0.1, 0.15) is 34.1 Å². The average molecular weight is 204 g/mol. The summed E-state index contributed by atoms with van der Waals surface area (Å²) in [6, 6.07) is 0. The summed E-state index contributed by atoms with van der Waals surface area (Å²) in [7, 11) is 0.638. The van der Waals surface area contributed by atoms with Crippen LogP contribution < -0.4 is 0 Å². The predicted molar refractivity (Wildman–Crippen MR) is 58.7 cm³/mol. The first-order valence-corrected chi connectivity index (χ1v) is 6.32. The van der Waals surface area contributed by atoms with Gasteiger partial charge in [0.15, 0.2) is 0 Å². The van der Waals surface area contributed by atoms with Crippen molar-refractivity contribution >= 4 is 14.6 Å². The Bertz CT molecular complexity index is 161.